The standard InChI is InChI=1S/C16H13ClF2N4O3.C2H6/c17-14-10-2-4-13(26)23(12-3-1-8(18)5-11(12)19)15(10)22-16(21-14)20-9(6-24)7-25;1-2/h1-5,9,24-25H,6-7H2,(H,20,21,22);1-2H3. The molecule has 0 bridgehead atoms. The third-order valence-corrected chi connectivity index (χ3v) is 3.92. The van der Waals surface area contributed by atoms with E-state index < -0.39 is 36.4 Å². The molecule has 2 aromatic heterocycles. The highest BCUT2D eigenvalue weighted by Gasteiger charge is 2.17. The third kappa shape index (κ3) is 4.44. The minimum absolute atomic E-state index is 0.0138. The fourth-order valence-electron chi connectivity index (χ4n) is 2.37. The highest BCUT2D eigenvalue weighted by atomic mass is 35.5. The quantitative estimate of drug-likeness (QED) is 0.557. The fraction of sp³-hybridized carbons (Fsp3) is 0.278. The molecule has 28 heavy (non-hydrogen) atoms. The Hall–Kier alpha value is -2.62. The molecule has 3 aromatic rings. The van der Waals surface area contributed by atoms with E-state index in [1.54, 1.807) is 0 Å². The van der Waals surface area contributed by atoms with Gasteiger partial charge in [0.15, 0.2) is 5.65 Å². The summed E-state index contributed by atoms with van der Waals surface area (Å²) in [7, 11) is 0. The highest BCUT2D eigenvalue weighted by molar-refractivity contribution is 6.34. The van der Waals surface area contributed by atoms with Gasteiger partial charge >= 0.3 is 0 Å². The summed E-state index contributed by atoms with van der Waals surface area (Å²) in [4.78, 5) is 20.5. The van der Waals surface area contributed by atoms with E-state index in [0.29, 0.717) is 6.07 Å². The highest BCUT2D eigenvalue weighted by Crippen LogP contribution is 2.24. The summed E-state index contributed by atoms with van der Waals surface area (Å²) in [5.41, 5.74) is -0.826. The first-order valence-corrected chi connectivity index (χ1v) is 8.85. The van der Waals surface area contributed by atoms with Gasteiger partial charge < -0.3 is 15.5 Å². The Kier molecular flexibility index (Phi) is 7.38. The molecule has 0 radical (unpaired) electrons. The van der Waals surface area contributed by atoms with E-state index in [9.17, 15) is 13.6 Å². The number of hydrogen-bond donors (Lipinski definition) is 3. The summed E-state index contributed by atoms with van der Waals surface area (Å²) in [6.45, 7) is 3.20. The molecule has 10 heteroatoms. The van der Waals surface area contributed by atoms with Gasteiger partial charge in [-0.3, -0.25) is 9.36 Å². The van der Waals surface area contributed by atoms with Crippen molar-refractivity contribution in [3.05, 3.63) is 57.5 Å². The van der Waals surface area contributed by atoms with Gasteiger partial charge in [0.2, 0.25) is 5.95 Å². The van der Waals surface area contributed by atoms with Gasteiger partial charge in [0.05, 0.1) is 30.3 Å². The average Bonchev–Trinajstić information content (AvgIpc) is 2.68. The normalized spacial score (nSPS) is 10.7. The van der Waals surface area contributed by atoms with Gasteiger partial charge in [-0.15, -0.1) is 0 Å². The number of rotatable bonds is 5. The van der Waals surface area contributed by atoms with Crippen LogP contribution in [0.25, 0.3) is 16.7 Å². The second-order valence-electron chi connectivity index (χ2n) is 5.38. The van der Waals surface area contributed by atoms with Crippen molar-refractivity contribution < 1.29 is 19.0 Å². The lowest BCUT2D eigenvalue weighted by atomic mass is 10.2. The molecule has 0 unspecified atom stereocenters. The van der Waals surface area contributed by atoms with Crippen LogP contribution in [0.1, 0.15) is 13.8 Å². The van der Waals surface area contributed by atoms with Crippen LogP contribution in [0, 0.1) is 11.6 Å². The predicted molar refractivity (Wildman–Crippen MR) is 103 cm³/mol. The summed E-state index contributed by atoms with van der Waals surface area (Å²) in [6, 6.07) is 4.57. The van der Waals surface area contributed by atoms with Crippen molar-refractivity contribution in [3.8, 4) is 5.69 Å². The van der Waals surface area contributed by atoms with Crippen LogP contribution < -0.4 is 10.9 Å². The predicted octanol–water partition coefficient (Wildman–Crippen LogP) is 2.50. The molecule has 150 valence electrons. The Labute approximate surface area is 164 Å². The maximum absolute atomic E-state index is 14.2. The number of aliphatic hydroxyl groups is 2. The Morgan fingerprint density at radius 2 is 1.82 bits per heavy atom. The molecule has 0 aliphatic rings. The monoisotopic (exact) mass is 412 g/mol. The number of nitrogens with one attached hydrogen (secondary N) is 1. The summed E-state index contributed by atoms with van der Waals surface area (Å²) in [5.74, 6) is -1.81. The first kappa shape index (κ1) is 21.7. The van der Waals surface area contributed by atoms with Gasteiger partial charge in [-0.1, -0.05) is 25.4 Å². The molecule has 3 rings (SSSR count). The van der Waals surface area contributed by atoms with Crippen molar-refractivity contribution >= 4 is 28.6 Å². The number of hydrogen-bond acceptors (Lipinski definition) is 6. The Morgan fingerprint density at radius 1 is 1.14 bits per heavy atom. The van der Waals surface area contributed by atoms with Crippen LogP contribution in [0.15, 0.2) is 35.1 Å². The number of halogens is 3. The van der Waals surface area contributed by atoms with Crippen molar-refractivity contribution in [3.63, 3.8) is 0 Å². The van der Waals surface area contributed by atoms with E-state index in [4.69, 9.17) is 21.8 Å². The molecule has 0 spiro atoms. The number of nitrogens with zero attached hydrogens (tertiary/aromatic N) is 3. The topological polar surface area (TPSA) is 100 Å². The summed E-state index contributed by atoms with van der Waals surface area (Å²) in [5, 5.41) is 21.2. The van der Waals surface area contributed by atoms with E-state index in [-0.39, 0.29) is 27.8 Å². The molecule has 0 saturated heterocycles. The zero-order chi connectivity index (χ0) is 20.8. The minimum Gasteiger partial charge on any atom is -0.394 e. The molecule has 0 amide bonds. The van der Waals surface area contributed by atoms with Crippen LogP contribution in [0.3, 0.4) is 0 Å². The largest absolute Gasteiger partial charge is 0.394 e. The molecule has 0 atom stereocenters. The Balaban J connectivity index is 0.00000136. The van der Waals surface area contributed by atoms with Crippen LogP contribution in [0.2, 0.25) is 5.15 Å². The van der Waals surface area contributed by atoms with E-state index in [0.717, 1.165) is 22.8 Å². The number of aromatic nitrogens is 3. The third-order valence-electron chi connectivity index (χ3n) is 3.63. The molecule has 0 saturated carbocycles. The zero-order valence-corrected chi connectivity index (χ0v) is 15.9. The summed E-state index contributed by atoms with van der Waals surface area (Å²) in [6.07, 6.45) is 0. The first-order valence-electron chi connectivity index (χ1n) is 8.47. The smallest absolute Gasteiger partial charge is 0.256 e. The minimum atomic E-state index is -0.951. The number of pyridine rings is 1. The van der Waals surface area contributed by atoms with Crippen molar-refractivity contribution in [2.75, 3.05) is 18.5 Å². The lowest BCUT2D eigenvalue weighted by Gasteiger charge is -2.15. The maximum atomic E-state index is 14.2. The molecule has 0 aliphatic heterocycles. The molecular weight excluding hydrogens is 394 g/mol. The molecule has 0 fully saturated rings. The maximum Gasteiger partial charge on any atom is 0.256 e. The van der Waals surface area contributed by atoms with Crippen LogP contribution >= 0.6 is 11.6 Å². The number of benzene rings is 1. The number of anilines is 1. The van der Waals surface area contributed by atoms with Crippen LogP contribution in [-0.2, 0) is 0 Å². The van der Waals surface area contributed by atoms with Gasteiger partial charge in [0, 0.05) is 12.1 Å². The molecule has 7 nitrogen and oxygen atoms in total. The first-order chi connectivity index (χ1) is 13.4. The van der Waals surface area contributed by atoms with E-state index >= 15 is 0 Å². The zero-order valence-electron chi connectivity index (χ0n) is 15.2. The van der Waals surface area contributed by atoms with Gasteiger partial charge in [-0.2, -0.15) is 4.98 Å². The Bertz CT molecular complexity index is 1030. The Morgan fingerprint density at radius 3 is 2.43 bits per heavy atom. The van der Waals surface area contributed by atoms with Crippen LogP contribution in [0.4, 0.5) is 14.7 Å². The van der Waals surface area contributed by atoms with E-state index in [1.807, 2.05) is 13.8 Å². The van der Waals surface area contributed by atoms with Crippen molar-refractivity contribution in [2.24, 2.45) is 0 Å². The molecular formula is C18H19ClF2N4O3. The van der Waals surface area contributed by atoms with Gasteiger partial charge in [0.1, 0.15) is 16.8 Å². The lowest BCUT2D eigenvalue weighted by Crippen LogP contribution is -2.29. The molecule has 2 heterocycles. The second kappa shape index (κ2) is 9.54. The fourth-order valence-corrected chi connectivity index (χ4v) is 2.60. The molecule has 3 N–H and O–H groups in total. The van der Waals surface area contributed by atoms with Gasteiger partial charge in [-0.05, 0) is 18.2 Å². The van der Waals surface area contributed by atoms with E-state index in [1.165, 1.54) is 6.07 Å². The summed E-state index contributed by atoms with van der Waals surface area (Å²) < 4.78 is 28.3. The van der Waals surface area contributed by atoms with Gasteiger partial charge in [-0.25, -0.2) is 13.8 Å². The van der Waals surface area contributed by atoms with E-state index in [2.05, 4.69) is 15.3 Å². The molecule has 1 aromatic carbocycles. The van der Waals surface area contributed by atoms with Crippen molar-refractivity contribution in [1.82, 2.24) is 14.5 Å². The van der Waals surface area contributed by atoms with Crippen LogP contribution in [0.5, 0.6) is 0 Å². The van der Waals surface area contributed by atoms with Crippen molar-refractivity contribution in [2.45, 2.75) is 19.9 Å². The summed E-state index contributed by atoms with van der Waals surface area (Å²) >= 11 is 6.12. The number of fused-ring (bicyclic) bond motifs is 1. The molecule has 0 aliphatic carbocycles. The lowest BCUT2D eigenvalue weighted by molar-refractivity contribution is 0.203. The SMILES string of the molecule is CC.O=c1ccc2c(Cl)nc(NC(CO)CO)nc2n1-c1ccc(F)cc1F. The average molecular weight is 413 g/mol. The van der Waals surface area contributed by atoms with Gasteiger partial charge in [0.25, 0.3) is 5.56 Å². The second-order valence-corrected chi connectivity index (χ2v) is 5.74. The van der Waals surface area contributed by atoms with Crippen molar-refractivity contribution in [1.29, 1.82) is 0 Å². The number of aliphatic hydroxyl groups excluding tert-OH is 2. The van der Waals surface area contributed by atoms with Crippen LogP contribution in [-0.4, -0.2) is 44.0 Å².